The van der Waals surface area contributed by atoms with Crippen LogP contribution in [0.5, 0.6) is 0 Å². The van der Waals surface area contributed by atoms with Gasteiger partial charge in [0.2, 0.25) is 0 Å². The van der Waals surface area contributed by atoms with E-state index in [0.29, 0.717) is 24.3 Å². The van der Waals surface area contributed by atoms with Crippen molar-refractivity contribution in [3.05, 3.63) is 65.2 Å². The molecular weight excluding hydrogens is 356 g/mol. The van der Waals surface area contributed by atoms with Gasteiger partial charge in [0.15, 0.2) is 0 Å². The maximum absolute atomic E-state index is 12.5. The predicted octanol–water partition coefficient (Wildman–Crippen LogP) is 1.89. The zero-order valence-corrected chi connectivity index (χ0v) is 16.0. The average molecular weight is 382 g/mol. The largest absolute Gasteiger partial charge is 0.392 e. The molecule has 148 valence electrons. The Labute approximate surface area is 165 Å². The Morgan fingerprint density at radius 1 is 1.00 bits per heavy atom. The maximum atomic E-state index is 12.5. The van der Waals surface area contributed by atoms with Gasteiger partial charge >= 0.3 is 6.03 Å². The van der Waals surface area contributed by atoms with Gasteiger partial charge in [-0.3, -0.25) is 9.69 Å². The predicted molar refractivity (Wildman–Crippen MR) is 108 cm³/mol. The molecule has 0 saturated carbocycles. The number of carbonyl (C=O) groups excluding carboxylic acids is 2. The zero-order chi connectivity index (χ0) is 19.9. The minimum atomic E-state index is -0.187. The third-order valence-corrected chi connectivity index (χ3v) is 4.95. The number of nitrogens with zero attached hydrogens (tertiary/aromatic N) is 2. The number of aliphatic hydroxyl groups is 1. The van der Waals surface area contributed by atoms with E-state index in [2.05, 4.69) is 15.5 Å². The van der Waals surface area contributed by atoms with E-state index in [1.165, 1.54) is 0 Å². The van der Waals surface area contributed by atoms with Gasteiger partial charge in [0.25, 0.3) is 5.91 Å². The molecule has 0 bridgehead atoms. The first-order chi connectivity index (χ1) is 13.6. The van der Waals surface area contributed by atoms with Crippen LogP contribution in [0.2, 0.25) is 0 Å². The van der Waals surface area contributed by atoms with Crippen molar-refractivity contribution in [2.75, 3.05) is 38.5 Å². The first kappa shape index (κ1) is 19.9. The van der Waals surface area contributed by atoms with Gasteiger partial charge in [0, 0.05) is 51.0 Å². The molecule has 1 heterocycles. The molecule has 0 atom stereocenters. The van der Waals surface area contributed by atoms with Gasteiger partial charge in [0.1, 0.15) is 0 Å². The summed E-state index contributed by atoms with van der Waals surface area (Å²) in [5, 5.41) is 14.9. The second-order valence-electron chi connectivity index (χ2n) is 6.78. The fraction of sp³-hybridized carbons (Fsp3) is 0.333. The molecule has 0 unspecified atom stereocenters. The smallest absolute Gasteiger partial charge is 0.321 e. The molecule has 3 amide bonds. The summed E-state index contributed by atoms with van der Waals surface area (Å²) in [5.41, 5.74) is 3.17. The summed E-state index contributed by atoms with van der Waals surface area (Å²) in [5.74, 6) is -0.187. The molecule has 0 radical (unpaired) electrons. The molecule has 1 fully saturated rings. The van der Waals surface area contributed by atoms with E-state index in [9.17, 15) is 14.7 Å². The van der Waals surface area contributed by atoms with Crippen LogP contribution in [-0.4, -0.2) is 60.1 Å². The summed E-state index contributed by atoms with van der Waals surface area (Å²) < 4.78 is 0. The van der Waals surface area contributed by atoms with Crippen LogP contribution in [-0.2, 0) is 13.2 Å². The molecule has 1 aliphatic heterocycles. The number of carbonyl (C=O) groups is 2. The van der Waals surface area contributed by atoms with Crippen LogP contribution in [0.4, 0.5) is 10.5 Å². The molecule has 1 saturated heterocycles. The van der Waals surface area contributed by atoms with Crippen molar-refractivity contribution in [3.8, 4) is 0 Å². The number of urea groups is 1. The third-order valence-electron chi connectivity index (χ3n) is 4.95. The van der Waals surface area contributed by atoms with E-state index in [1.54, 1.807) is 36.2 Å². The molecule has 28 heavy (non-hydrogen) atoms. The van der Waals surface area contributed by atoms with Crippen LogP contribution >= 0.6 is 0 Å². The van der Waals surface area contributed by atoms with E-state index < -0.39 is 0 Å². The van der Waals surface area contributed by atoms with Crippen molar-refractivity contribution in [2.24, 2.45) is 0 Å². The molecule has 7 nitrogen and oxygen atoms in total. The summed E-state index contributed by atoms with van der Waals surface area (Å²) in [6, 6.07) is 14.6. The first-order valence-corrected chi connectivity index (χ1v) is 9.39. The minimum Gasteiger partial charge on any atom is -0.392 e. The third kappa shape index (κ3) is 4.88. The van der Waals surface area contributed by atoms with Crippen LogP contribution in [0.15, 0.2) is 48.5 Å². The van der Waals surface area contributed by atoms with Gasteiger partial charge < -0.3 is 20.6 Å². The lowest BCUT2D eigenvalue weighted by atomic mass is 10.1. The summed E-state index contributed by atoms with van der Waals surface area (Å²) in [4.78, 5) is 28.3. The van der Waals surface area contributed by atoms with Gasteiger partial charge in [-0.25, -0.2) is 4.79 Å². The Morgan fingerprint density at radius 2 is 1.71 bits per heavy atom. The zero-order valence-electron chi connectivity index (χ0n) is 16.0. The Balaban J connectivity index is 1.53. The molecule has 2 aromatic carbocycles. The van der Waals surface area contributed by atoms with Crippen molar-refractivity contribution < 1.29 is 14.7 Å². The number of benzene rings is 2. The van der Waals surface area contributed by atoms with E-state index in [1.807, 2.05) is 24.3 Å². The molecule has 0 aromatic heterocycles. The molecule has 1 aliphatic rings. The Kier molecular flexibility index (Phi) is 6.62. The van der Waals surface area contributed by atoms with Crippen LogP contribution in [0, 0.1) is 0 Å². The molecule has 2 aromatic rings. The van der Waals surface area contributed by atoms with Gasteiger partial charge in [-0.2, -0.15) is 0 Å². The normalized spacial score (nSPS) is 14.6. The lowest BCUT2D eigenvalue weighted by Gasteiger charge is -2.35. The maximum Gasteiger partial charge on any atom is 0.321 e. The van der Waals surface area contributed by atoms with Crippen molar-refractivity contribution >= 4 is 17.6 Å². The van der Waals surface area contributed by atoms with Crippen molar-refractivity contribution in [1.29, 1.82) is 0 Å². The number of anilines is 1. The van der Waals surface area contributed by atoms with E-state index >= 15 is 0 Å². The summed E-state index contributed by atoms with van der Waals surface area (Å²) in [7, 11) is 1.58. The first-order valence-electron chi connectivity index (χ1n) is 9.39. The average Bonchev–Trinajstić information content (AvgIpc) is 2.74. The van der Waals surface area contributed by atoms with Gasteiger partial charge in [-0.1, -0.05) is 30.3 Å². The lowest BCUT2D eigenvalue weighted by molar-refractivity contribution is 0.0963. The lowest BCUT2D eigenvalue weighted by Crippen LogP contribution is -2.49. The number of hydrogen-bond donors (Lipinski definition) is 3. The minimum absolute atomic E-state index is 0.0354. The van der Waals surface area contributed by atoms with E-state index in [-0.39, 0.29) is 18.5 Å². The van der Waals surface area contributed by atoms with Crippen LogP contribution in [0.3, 0.4) is 0 Å². The topological polar surface area (TPSA) is 84.9 Å². The Bertz CT molecular complexity index is 832. The number of nitrogens with one attached hydrogen (secondary N) is 2. The van der Waals surface area contributed by atoms with E-state index in [4.69, 9.17) is 0 Å². The second kappa shape index (κ2) is 9.34. The highest BCUT2D eigenvalue weighted by Crippen LogP contribution is 2.15. The Hall–Kier alpha value is -2.90. The van der Waals surface area contributed by atoms with Gasteiger partial charge in [-0.15, -0.1) is 0 Å². The Morgan fingerprint density at radius 3 is 2.39 bits per heavy atom. The van der Waals surface area contributed by atoms with Gasteiger partial charge in [-0.05, 0) is 29.3 Å². The molecule has 0 aliphatic carbocycles. The highest BCUT2D eigenvalue weighted by atomic mass is 16.3. The highest BCUT2D eigenvalue weighted by Gasteiger charge is 2.21. The van der Waals surface area contributed by atoms with Crippen LogP contribution in [0.1, 0.15) is 21.5 Å². The quantitative estimate of drug-likeness (QED) is 0.737. The number of hydrogen-bond acceptors (Lipinski definition) is 4. The fourth-order valence-electron chi connectivity index (χ4n) is 3.30. The number of aliphatic hydroxyl groups excluding tert-OH is 1. The number of rotatable bonds is 5. The highest BCUT2D eigenvalue weighted by molar-refractivity contribution is 5.96. The standard InChI is InChI=1S/C21H26N4O3/c1-22-20(27)16-7-4-8-19(13-16)23-21(28)25-11-9-24(10-12-25)14-17-5-2-3-6-18(17)15-26/h2-8,13,26H,9-12,14-15H2,1H3,(H,22,27)(H,23,28). The number of piperazine rings is 1. The van der Waals surface area contributed by atoms with Crippen molar-refractivity contribution in [3.63, 3.8) is 0 Å². The SMILES string of the molecule is CNC(=O)c1cccc(NC(=O)N2CCN(Cc3ccccc3CO)CC2)c1. The van der Waals surface area contributed by atoms with Crippen LogP contribution in [0.25, 0.3) is 0 Å². The second-order valence-corrected chi connectivity index (χ2v) is 6.78. The molecular formula is C21H26N4O3. The van der Waals surface area contributed by atoms with Crippen LogP contribution < -0.4 is 10.6 Å². The van der Waals surface area contributed by atoms with Crippen molar-refractivity contribution in [1.82, 2.24) is 15.1 Å². The molecule has 3 N–H and O–H groups in total. The van der Waals surface area contributed by atoms with Crippen molar-refractivity contribution in [2.45, 2.75) is 13.2 Å². The number of amides is 3. The summed E-state index contributed by atoms with van der Waals surface area (Å²) in [6.45, 7) is 3.59. The fourth-order valence-corrected chi connectivity index (χ4v) is 3.30. The molecule has 3 rings (SSSR count). The summed E-state index contributed by atoms with van der Waals surface area (Å²) in [6.07, 6.45) is 0. The van der Waals surface area contributed by atoms with E-state index in [0.717, 1.165) is 30.8 Å². The monoisotopic (exact) mass is 382 g/mol. The molecule has 7 heteroatoms. The van der Waals surface area contributed by atoms with Gasteiger partial charge in [0.05, 0.1) is 6.61 Å². The molecule has 0 spiro atoms. The summed E-state index contributed by atoms with van der Waals surface area (Å²) >= 11 is 0.